The van der Waals surface area contributed by atoms with Gasteiger partial charge in [-0.2, -0.15) is 0 Å². The monoisotopic (exact) mass is 312 g/mol. The third-order valence-corrected chi connectivity index (χ3v) is 3.59. The molecule has 0 aliphatic rings. The van der Waals surface area contributed by atoms with Gasteiger partial charge in [0.05, 0.1) is 10.9 Å². The molecule has 9 heteroatoms. The SMILES string of the molecule is CNC(=O)NC(=O)C(C)Sc1nc(C)nc(C)c1C(=O)O. The van der Waals surface area contributed by atoms with Crippen LogP contribution >= 0.6 is 11.8 Å². The molecule has 1 heterocycles. The molecule has 0 spiro atoms. The lowest BCUT2D eigenvalue weighted by atomic mass is 10.2. The van der Waals surface area contributed by atoms with Crippen LogP contribution < -0.4 is 10.6 Å². The fraction of sp³-hybridized carbons (Fsp3) is 0.417. The van der Waals surface area contributed by atoms with Gasteiger partial charge in [-0.05, 0) is 20.8 Å². The third-order valence-electron chi connectivity index (χ3n) is 2.50. The van der Waals surface area contributed by atoms with Gasteiger partial charge in [0.1, 0.15) is 16.4 Å². The van der Waals surface area contributed by atoms with E-state index in [-0.39, 0.29) is 10.6 Å². The van der Waals surface area contributed by atoms with Crippen LogP contribution in [-0.4, -0.2) is 45.3 Å². The minimum Gasteiger partial charge on any atom is -0.478 e. The highest BCUT2D eigenvalue weighted by atomic mass is 32.2. The Morgan fingerprint density at radius 1 is 1.24 bits per heavy atom. The molecular formula is C12H16N4O4S. The Hall–Kier alpha value is -2.16. The molecule has 21 heavy (non-hydrogen) atoms. The van der Waals surface area contributed by atoms with Crippen LogP contribution in [0.2, 0.25) is 0 Å². The maximum Gasteiger partial charge on any atom is 0.340 e. The molecule has 8 nitrogen and oxygen atoms in total. The highest BCUT2D eigenvalue weighted by molar-refractivity contribution is 8.00. The molecule has 114 valence electrons. The summed E-state index contributed by atoms with van der Waals surface area (Å²) in [6.07, 6.45) is 0. The number of aromatic nitrogens is 2. The van der Waals surface area contributed by atoms with Crippen LogP contribution in [0.3, 0.4) is 0 Å². The van der Waals surface area contributed by atoms with Crippen LogP contribution in [0.25, 0.3) is 0 Å². The van der Waals surface area contributed by atoms with Crippen molar-refractivity contribution in [3.63, 3.8) is 0 Å². The van der Waals surface area contributed by atoms with Gasteiger partial charge >= 0.3 is 12.0 Å². The van der Waals surface area contributed by atoms with Crippen molar-refractivity contribution < 1.29 is 19.5 Å². The van der Waals surface area contributed by atoms with Crippen molar-refractivity contribution in [1.82, 2.24) is 20.6 Å². The van der Waals surface area contributed by atoms with E-state index in [9.17, 15) is 19.5 Å². The molecule has 1 unspecified atom stereocenters. The number of carboxylic acids is 1. The number of urea groups is 1. The smallest absolute Gasteiger partial charge is 0.340 e. The number of carboxylic acid groups (broad SMARTS) is 1. The van der Waals surface area contributed by atoms with E-state index in [2.05, 4.69) is 20.6 Å². The van der Waals surface area contributed by atoms with E-state index in [1.54, 1.807) is 20.8 Å². The van der Waals surface area contributed by atoms with E-state index in [1.807, 2.05) is 0 Å². The Bertz CT molecular complexity index is 591. The summed E-state index contributed by atoms with van der Waals surface area (Å²) in [6, 6.07) is -0.624. The topological polar surface area (TPSA) is 121 Å². The van der Waals surface area contributed by atoms with Gasteiger partial charge in [-0.1, -0.05) is 11.8 Å². The quantitative estimate of drug-likeness (QED) is 0.553. The molecule has 0 radical (unpaired) electrons. The van der Waals surface area contributed by atoms with Crippen molar-refractivity contribution >= 4 is 29.7 Å². The minimum atomic E-state index is -1.16. The number of carbonyl (C=O) groups is 3. The van der Waals surface area contributed by atoms with Crippen molar-refractivity contribution in [3.8, 4) is 0 Å². The number of rotatable bonds is 4. The van der Waals surface area contributed by atoms with Crippen molar-refractivity contribution in [2.75, 3.05) is 7.05 Å². The van der Waals surface area contributed by atoms with Gasteiger partial charge in [-0.3, -0.25) is 10.1 Å². The summed E-state index contributed by atoms with van der Waals surface area (Å²) in [5, 5.41) is 13.1. The molecule has 0 saturated carbocycles. The van der Waals surface area contributed by atoms with Crippen molar-refractivity contribution in [2.45, 2.75) is 31.0 Å². The molecule has 1 aromatic rings. The molecule has 3 N–H and O–H groups in total. The van der Waals surface area contributed by atoms with Gasteiger partial charge in [-0.25, -0.2) is 19.6 Å². The third kappa shape index (κ3) is 4.42. The average Bonchev–Trinajstić information content (AvgIpc) is 2.36. The van der Waals surface area contributed by atoms with Crippen LogP contribution in [0.4, 0.5) is 4.79 Å². The molecule has 0 saturated heterocycles. The summed E-state index contributed by atoms with van der Waals surface area (Å²) in [7, 11) is 1.39. The fourth-order valence-corrected chi connectivity index (χ4v) is 2.55. The van der Waals surface area contributed by atoms with Crippen molar-refractivity contribution in [3.05, 3.63) is 17.1 Å². The van der Waals surface area contributed by atoms with Gasteiger partial charge in [0.15, 0.2) is 0 Å². The van der Waals surface area contributed by atoms with Gasteiger partial charge in [-0.15, -0.1) is 0 Å². The van der Waals surface area contributed by atoms with Crippen LogP contribution in [0.15, 0.2) is 5.03 Å². The maximum absolute atomic E-state index is 11.8. The second-order valence-corrected chi connectivity index (χ2v) is 5.50. The largest absolute Gasteiger partial charge is 0.478 e. The number of nitrogens with zero attached hydrogens (tertiary/aromatic N) is 2. The summed E-state index contributed by atoms with van der Waals surface area (Å²) >= 11 is 0.963. The standard InChI is InChI=1S/C12H16N4O4S/c1-5-8(11(18)19)10(15-7(3)14-5)21-6(2)9(17)16-12(20)13-4/h6H,1-4H3,(H,18,19)(H2,13,16,17,20). The molecule has 3 amide bonds. The van der Waals surface area contributed by atoms with Gasteiger partial charge in [0.25, 0.3) is 0 Å². The first kappa shape index (κ1) is 16.9. The zero-order valence-corrected chi connectivity index (χ0v) is 12.9. The Balaban J connectivity index is 2.99. The lowest BCUT2D eigenvalue weighted by Crippen LogP contribution is -2.41. The number of hydrogen-bond donors (Lipinski definition) is 3. The Morgan fingerprint density at radius 2 is 1.86 bits per heavy atom. The second-order valence-electron chi connectivity index (χ2n) is 4.17. The van der Waals surface area contributed by atoms with E-state index in [0.717, 1.165) is 11.8 Å². The summed E-state index contributed by atoms with van der Waals surface area (Å²) < 4.78 is 0. The first-order valence-electron chi connectivity index (χ1n) is 6.04. The molecule has 0 fully saturated rings. The molecule has 0 aliphatic heterocycles. The van der Waals surface area contributed by atoms with E-state index >= 15 is 0 Å². The maximum atomic E-state index is 11.8. The summed E-state index contributed by atoms with van der Waals surface area (Å²) in [4.78, 5) is 42.2. The molecule has 1 aromatic heterocycles. The number of imide groups is 1. The molecule has 0 aliphatic carbocycles. The van der Waals surface area contributed by atoms with Crippen LogP contribution in [0, 0.1) is 13.8 Å². The number of hydrogen-bond acceptors (Lipinski definition) is 6. The first-order chi connectivity index (χ1) is 9.76. The molecule has 0 aromatic carbocycles. The number of amides is 3. The lowest BCUT2D eigenvalue weighted by molar-refractivity contribution is -0.119. The molecule has 1 rings (SSSR count). The highest BCUT2D eigenvalue weighted by Gasteiger charge is 2.23. The van der Waals surface area contributed by atoms with Crippen LogP contribution in [-0.2, 0) is 4.79 Å². The lowest BCUT2D eigenvalue weighted by Gasteiger charge is -2.13. The van der Waals surface area contributed by atoms with E-state index in [0.29, 0.717) is 11.5 Å². The zero-order chi connectivity index (χ0) is 16.2. The normalized spacial score (nSPS) is 11.6. The van der Waals surface area contributed by atoms with Gasteiger partial charge < -0.3 is 10.4 Å². The molecular weight excluding hydrogens is 296 g/mol. The van der Waals surface area contributed by atoms with Crippen LogP contribution in [0.1, 0.15) is 28.8 Å². The molecule has 1 atom stereocenters. The highest BCUT2D eigenvalue weighted by Crippen LogP contribution is 2.26. The number of aryl methyl sites for hydroxylation is 2. The number of aromatic carboxylic acids is 1. The zero-order valence-electron chi connectivity index (χ0n) is 12.1. The minimum absolute atomic E-state index is 0.0369. The summed E-state index contributed by atoms with van der Waals surface area (Å²) in [5.74, 6) is -1.28. The van der Waals surface area contributed by atoms with E-state index < -0.39 is 23.2 Å². The second kappa shape index (κ2) is 7.02. The van der Waals surface area contributed by atoms with Crippen molar-refractivity contribution in [1.29, 1.82) is 0 Å². The first-order valence-corrected chi connectivity index (χ1v) is 6.92. The Morgan fingerprint density at radius 3 is 2.38 bits per heavy atom. The van der Waals surface area contributed by atoms with Gasteiger partial charge in [0, 0.05) is 7.05 Å². The Labute approximate surface area is 125 Å². The molecule has 0 bridgehead atoms. The summed E-state index contributed by atoms with van der Waals surface area (Å²) in [6.45, 7) is 4.76. The number of thioether (sulfide) groups is 1. The predicted octanol–water partition coefficient (Wildman–Crippen LogP) is 0.728. The van der Waals surface area contributed by atoms with Crippen molar-refractivity contribution in [2.24, 2.45) is 0 Å². The predicted molar refractivity (Wildman–Crippen MR) is 76.4 cm³/mol. The van der Waals surface area contributed by atoms with E-state index in [1.165, 1.54) is 7.05 Å². The van der Waals surface area contributed by atoms with E-state index in [4.69, 9.17) is 0 Å². The number of nitrogens with one attached hydrogen (secondary N) is 2. The fourth-order valence-electron chi connectivity index (χ4n) is 1.51. The summed E-state index contributed by atoms with van der Waals surface area (Å²) in [5.41, 5.74) is 0.293. The van der Waals surface area contributed by atoms with Gasteiger partial charge in [0.2, 0.25) is 5.91 Å². The number of carbonyl (C=O) groups excluding carboxylic acids is 2. The average molecular weight is 312 g/mol. The van der Waals surface area contributed by atoms with Crippen LogP contribution in [0.5, 0.6) is 0 Å². The Kier molecular flexibility index (Phi) is 5.65.